The lowest BCUT2D eigenvalue weighted by molar-refractivity contribution is 1.07. The molecule has 7 aromatic carbocycles. The van der Waals surface area contributed by atoms with E-state index in [1.807, 2.05) is 72.8 Å². The van der Waals surface area contributed by atoms with Crippen molar-refractivity contribution in [2.45, 2.75) is 13.8 Å². The van der Waals surface area contributed by atoms with E-state index in [1.165, 1.54) is 22.3 Å². The molecule has 0 saturated heterocycles. The quantitative estimate of drug-likeness (QED) is 0.164. The highest BCUT2D eigenvalue weighted by atomic mass is 15.0. The Morgan fingerprint density at radius 3 is 1.36 bits per heavy atom. The van der Waals surface area contributed by atoms with E-state index < -0.39 is 0 Å². The highest BCUT2D eigenvalue weighted by Gasteiger charge is 2.19. The fourth-order valence-corrected chi connectivity index (χ4v) is 7.02. The highest BCUT2D eigenvalue weighted by Crippen LogP contribution is 2.39. The normalized spacial score (nSPS) is 11.2. The molecule has 0 amide bonds. The van der Waals surface area contributed by atoms with Gasteiger partial charge in [0.25, 0.3) is 0 Å². The number of fused-ring (bicyclic) bond motifs is 3. The van der Waals surface area contributed by atoms with Gasteiger partial charge >= 0.3 is 0 Å². The molecule has 0 radical (unpaired) electrons. The first-order valence-electron chi connectivity index (χ1n) is 17.6. The van der Waals surface area contributed by atoms with Crippen LogP contribution in [0.2, 0.25) is 0 Å². The summed E-state index contributed by atoms with van der Waals surface area (Å²) in [5.41, 5.74) is 13.1. The molecule has 9 aromatic rings. The highest BCUT2D eigenvalue weighted by molar-refractivity contribution is 6.11. The first kappa shape index (κ1) is 31.8. The van der Waals surface area contributed by atoms with Crippen molar-refractivity contribution < 1.29 is 0 Å². The number of aromatic nitrogens is 4. The van der Waals surface area contributed by atoms with Gasteiger partial charge in [0.1, 0.15) is 0 Å². The number of hydrogen-bond acceptors (Lipinski definition) is 3. The second kappa shape index (κ2) is 13.2. The van der Waals surface area contributed by atoms with Gasteiger partial charge in [-0.25, -0.2) is 19.8 Å². The molecule has 0 unspecified atom stereocenters. The summed E-state index contributed by atoms with van der Waals surface area (Å²) in [4.78, 5) is 18.7. The zero-order chi connectivity index (χ0) is 35.9. The summed E-state index contributed by atoms with van der Waals surface area (Å²) in [5, 5.41) is 2.30. The third kappa shape index (κ3) is 5.93. The lowest BCUT2D eigenvalue weighted by atomic mass is 9.99. The third-order valence-corrected chi connectivity index (χ3v) is 9.84. The molecule has 0 bridgehead atoms. The van der Waals surface area contributed by atoms with Crippen LogP contribution < -0.4 is 0 Å². The van der Waals surface area contributed by atoms with Crippen molar-refractivity contribution in [3.05, 3.63) is 186 Å². The first-order valence-corrected chi connectivity index (χ1v) is 17.6. The first-order chi connectivity index (χ1) is 26.0. The number of rotatable bonds is 6. The molecule has 0 atom stereocenters. The fourth-order valence-electron chi connectivity index (χ4n) is 7.02. The molecule has 9 rings (SSSR count). The molecule has 0 N–H and O–H groups in total. The molecule has 2 aromatic heterocycles. The standard InChI is InChI=1S/C48H33N5/c1-31-14-18-33(19-15-31)37-22-26-44-41(28-37)42-29-38(34-20-16-32(2)17-21-34)23-27-45(42)53(44)39-24-25-40(43(30-39)49-3)48-51-46(35-10-6-4-7-11-35)50-47(52-48)36-12-8-5-9-13-36/h4-30H,1-2H3. The van der Waals surface area contributed by atoms with Gasteiger partial charge < -0.3 is 4.57 Å². The van der Waals surface area contributed by atoms with Crippen LogP contribution in [0, 0.1) is 20.4 Å². The SMILES string of the molecule is [C-]#[N+]c1cc(-n2c3ccc(-c4ccc(C)cc4)cc3c3cc(-c4ccc(C)cc4)ccc32)ccc1-c1nc(-c2ccccc2)nc(-c2ccccc2)n1. The Bertz CT molecular complexity index is 2670. The molecule has 0 spiro atoms. The lowest BCUT2D eigenvalue weighted by Crippen LogP contribution is -2.01. The Labute approximate surface area is 308 Å². The van der Waals surface area contributed by atoms with Crippen molar-refractivity contribution in [2.24, 2.45) is 0 Å². The van der Waals surface area contributed by atoms with Crippen molar-refractivity contribution in [3.63, 3.8) is 0 Å². The molecule has 0 saturated carbocycles. The molecule has 53 heavy (non-hydrogen) atoms. The molecule has 0 aliphatic carbocycles. The monoisotopic (exact) mass is 679 g/mol. The second-order valence-corrected chi connectivity index (χ2v) is 13.4. The molecular weight excluding hydrogens is 647 g/mol. The van der Waals surface area contributed by atoms with Gasteiger partial charge in [-0.05, 0) is 72.5 Å². The Morgan fingerprint density at radius 1 is 0.434 bits per heavy atom. The fraction of sp³-hybridized carbons (Fsp3) is 0.0417. The summed E-state index contributed by atoms with van der Waals surface area (Å²) in [7, 11) is 0. The third-order valence-electron chi connectivity index (χ3n) is 9.84. The van der Waals surface area contributed by atoms with E-state index in [2.05, 4.69) is 114 Å². The predicted octanol–water partition coefficient (Wildman–Crippen LogP) is 12.5. The summed E-state index contributed by atoms with van der Waals surface area (Å²) in [5.74, 6) is 1.58. The average molecular weight is 680 g/mol. The zero-order valence-electron chi connectivity index (χ0n) is 29.3. The Balaban J connectivity index is 1.23. The molecule has 0 aliphatic heterocycles. The minimum atomic E-state index is 0.461. The molecule has 0 aliphatic rings. The van der Waals surface area contributed by atoms with E-state index in [0.29, 0.717) is 28.7 Å². The Kier molecular flexibility index (Phi) is 7.91. The van der Waals surface area contributed by atoms with E-state index >= 15 is 0 Å². The van der Waals surface area contributed by atoms with Crippen molar-refractivity contribution in [1.29, 1.82) is 0 Å². The van der Waals surface area contributed by atoms with Gasteiger partial charge in [0.15, 0.2) is 23.2 Å². The largest absolute Gasteiger partial charge is 0.311 e. The topological polar surface area (TPSA) is 48.0 Å². The maximum absolute atomic E-state index is 8.34. The second-order valence-electron chi connectivity index (χ2n) is 13.4. The lowest BCUT2D eigenvalue weighted by Gasteiger charge is -2.13. The summed E-state index contributed by atoms with van der Waals surface area (Å²) < 4.78 is 2.26. The van der Waals surface area contributed by atoms with Crippen LogP contribution in [-0.2, 0) is 0 Å². The van der Waals surface area contributed by atoms with Crippen LogP contribution in [0.1, 0.15) is 11.1 Å². The molecule has 2 heterocycles. The van der Waals surface area contributed by atoms with Gasteiger partial charge in [0.2, 0.25) is 0 Å². The maximum Gasteiger partial charge on any atom is 0.200 e. The van der Waals surface area contributed by atoms with Gasteiger partial charge in [-0.2, -0.15) is 0 Å². The van der Waals surface area contributed by atoms with E-state index in [9.17, 15) is 0 Å². The van der Waals surface area contributed by atoms with Gasteiger partial charge in [0, 0.05) is 33.2 Å². The van der Waals surface area contributed by atoms with E-state index in [4.69, 9.17) is 21.5 Å². The number of benzene rings is 7. The van der Waals surface area contributed by atoms with Crippen LogP contribution in [0.5, 0.6) is 0 Å². The van der Waals surface area contributed by atoms with Crippen LogP contribution in [0.15, 0.2) is 164 Å². The minimum absolute atomic E-state index is 0.461. The van der Waals surface area contributed by atoms with E-state index in [0.717, 1.165) is 49.7 Å². The smallest absolute Gasteiger partial charge is 0.200 e. The summed E-state index contributed by atoms with van der Waals surface area (Å²) >= 11 is 0. The van der Waals surface area contributed by atoms with Gasteiger partial charge in [0.05, 0.1) is 17.6 Å². The summed E-state index contributed by atoms with van der Waals surface area (Å²) in [6, 6.07) is 56.5. The Hall–Kier alpha value is -7.16. The van der Waals surface area contributed by atoms with Gasteiger partial charge in [-0.15, -0.1) is 0 Å². The van der Waals surface area contributed by atoms with Crippen LogP contribution in [-0.4, -0.2) is 19.5 Å². The minimum Gasteiger partial charge on any atom is -0.311 e. The van der Waals surface area contributed by atoms with Crippen LogP contribution in [0.4, 0.5) is 5.69 Å². The van der Waals surface area contributed by atoms with Crippen molar-refractivity contribution in [3.8, 4) is 62.1 Å². The zero-order valence-corrected chi connectivity index (χ0v) is 29.3. The average Bonchev–Trinajstić information content (AvgIpc) is 3.54. The Morgan fingerprint density at radius 2 is 0.887 bits per heavy atom. The molecule has 5 heteroatoms. The van der Waals surface area contributed by atoms with E-state index in [-0.39, 0.29) is 0 Å². The number of hydrogen-bond donors (Lipinski definition) is 0. The van der Waals surface area contributed by atoms with E-state index in [1.54, 1.807) is 0 Å². The molecule has 250 valence electrons. The maximum atomic E-state index is 8.34. The summed E-state index contributed by atoms with van der Waals surface area (Å²) in [6.45, 7) is 12.6. The van der Waals surface area contributed by atoms with Gasteiger partial charge in [-0.1, -0.05) is 139 Å². The van der Waals surface area contributed by atoms with Crippen molar-refractivity contribution >= 4 is 27.5 Å². The van der Waals surface area contributed by atoms with Crippen LogP contribution in [0.25, 0.3) is 88.8 Å². The van der Waals surface area contributed by atoms with Crippen LogP contribution >= 0.6 is 0 Å². The van der Waals surface area contributed by atoms with Crippen molar-refractivity contribution in [2.75, 3.05) is 0 Å². The number of nitrogens with zero attached hydrogens (tertiary/aromatic N) is 5. The predicted molar refractivity (Wildman–Crippen MR) is 217 cm³/mol. The molecular formula is C48H33N5. The van der Waals surface area contributed by atoms with Crippen LogP contribution in [0.3, 0.4) is 0 Å². The summed E-state index contributed by atoms with van der Waals surface area (Å²) in [6.07, 6.45) is 0. The number of aryl methyl sites for hydroxylation is 2. The van der Waals surface area contributed by atoms with Crippen molar-refractivity contribution in [1.82, 2.24) is 19.5 Å². The van der Waals surface area contributed by atoms with Gasteiger partial charge in [-0.3, -0.25) is 0 Å². The molecule has 5 nitrogen and oxygen atoms in total. The molecule has 0 fully saturated rings.